The second-order valence-corrected chi connectivity index (χ2v) is 27.8. The second kappa shape index (κ2) is 35.4. The predicted octanol–water partition coefficient (Wildman–Crippen LogP) is 7.19. The van der Waals surface area contributed by atoms with Gasteiger partial charge in [0.1, 0.15) is 48.5 Å². The minimum absolute atomic E-state index is 0.132. The van der Waals surface area contributed by atoms with E-state index in [0.717, 1.165) is 16.6 Å². The first-order chi connectivity index (χ1) is 50.9. The average molecular weight is 1460 g/mol. The number of pyridine rings is 1. The largest absolute Gasteiger partial charge is 0.453 e. The lowest BCUT2D eigenvalue weighted by molar-refractivity contribution is -0.140. The van der Waals surface area contributed by atoms with Gasteiger partial charge in [0.15, 0.2) is 0 Å². The number of imidazole rings is 2. The fraction of sp³-hybridized carbons (Fsp3) is 0.507. The van der Waals surface area contributed by atoms with E-state index in [0.29, 0.717) is 134 Å². The Balaban J connectivity index is 0.817. The molecule has 10 unspecified atom stereocenters. The van der Waals surface area contributed by atoms with Crippen molar-refractivity contribution in [3.63, 3.8) is 0 Å². The third-order valence-electron chi connectivity index (χ3n) is 20.4. The van der Waals surface area contributed by atoms with E-state index in [1.165, 1.54) is 40.4 Å². The fourth-order valence-corrected chi connectivity index (χ4v) is 14.2. The Hall–Kier alpha value is -10.7. The molecule has 4 aliphatic rings. The maximum Gasteiger partial charge on any atom is 0.408 e. The van der Waals surface area contributed by atoms with Gasteiger partial charge in [-0.3, -0.25) is 33.8 Å². The quantitative estimate of drug-likeness (QED) is 0.0236. The number of amides is 10. The van der Waals surface area contributed by atoms with Crippen LogP contribution < -0.4 is 31.9 Å². The number of rotatable bonds is 27. The topological polar surface area (TPSA) is 381 Å². The molecule has 4 saturated heterocycles. The third kappa shape index (κ3) is 18.1. The minimum Gasteiger partial charge on any atom is -0.453 e. The molecule has 4 aliphatic heterocycles. The number of fused-ring (bicyclic) bond motifs is 1. The van der Waals surface area contributed by atoms with Crippen molar-refractivity contribution < 1.29 is 76.4 Å². The van der Waals surface area contributed by atoms with Crippen molar-refractivity contribution in [2.24, 2.45) is 11.8 Å². The summed E-state index contributed by atoms with van der Waals surface area (Å²) >= 11 is 0. The van der Waals surface area contributed by atoms with Crippen LogP contribution in [0.3, 0.4) is 0 Å². The van der Waals surface area contributed by atoms with E-state index in [1.807, 2.05) is 76.2 Å². The van der Waals surface area contributed by atoms with Crippen LogP contribution in [0.5, 0.6) is 0 Å². The van der Waals surface area contributed by atoms with Crippen molar-refractivity contribution in [2.75, 3.05) is 68.3 Å². The summed E-state index contributed by atoms with van der Waals surface area (Å²) in [7, 11) is 6.55. The molecule has 0 aliphatic carbocycles. The molecule has 0 bridgehead atoms. The molecule has 106 heavy (non-hydrogen) atoms. The van der Waals surface area contributed by atoms with Crippen LogP contribution in [0.1, 0.15) is 138 Å². The summed E-state index contributed by atoms with van der Waals surface area (Å²) < 4.78 is 31.3. The zero-order valence-corrected chi connectivity index (χ0v) is 61.8. The van der Waals surface area contributed by atoms with Crippen LogP contribution in [0.2, 0.25) is 0 Å². The second-order valence-electron chi connectivity index (χ2n) is 27.8. The number of carbonyl (C=O) groups is 10. The third-order valence-corrected chi connectivity index (χ3v) is 20.4. The summed E-state index contributed by atoms with van der Waals surface area (Å²) in [6.45, 7) is 12.3. The highest BCUT2D eigenvalue weighted by Gasteiger charge is 2.43. The fourth-order valence-electron chi connectivity index (χ4n) is 14.2. The zero-order valence-electron chi connectivity index (χ0n) is 61.8. The monoisotopic (exact) mass is 1460 g/mol. The molecule has 568 valence electrons. The molecule has 10 amide bonds. The van der Waals surface area contributed by atoms with Gasteiger partial charge in [0.2, 0.25) is 29.5 Å². The van der Waals surface area contributed by atoms with E-state index >= 15 is 0 Å². The first kappa shape index (κ1) is 77.9. The Morgan fingerprint density at radius 2 is 1.04 bits per heavy atom. The summed E-state index contributed by atoms with van der Waals surface area (Å²) in [6, 6.07) is 16.2. The maximum atomic E-state index is 14.8. The number of nitrogens with zero attached hydrogens (tertiary/aromatic N) is 7. The molecular formula is C75H97N15O16. The van der Waals surface area contributed by atoms with Gasteiger partial charge in [-0.1, -0.05) is 64.1 Å². The highest BCUT2D eigenvalue weighted by molar-refractivity contribution is 5.96. The molecule has 0 spiro atoms. The van der Waals surface area contributed by atoms with Gasteiger partial charge in [0.05, 0.1) is 80.8 Å². The molecule has 4 fully saturated rings. The normalized spacial score (nSPS) is 18.9. The van der Waals surface area contributed by atoms with Crippen LogP contribution in [0, 0.1) is 11.8 Å². The lowest BCUT2D eigenvalue weighted by atomic mass is 9.96. The average Bonchev–Trinajstić information content (AvgIpc) is 1.61. The van der Waals surface area contributed by atoms with Gasteiger partial charge in [-0.15, -0.1) is 0 Å². The first-order valence-electron chi connectivity index (χ1n) is 36.0. The number of likely N-dealkylation sites (tertiary alicyclic amines) is 4. The Morgan fingerprint density at radius 3 is 1.64 bits per heavy atom. The van der Waals surface area contributed by atoms with Gasteiger partial charge in [0.25, 0.3) is 5.91 Å². The van der Waals surface area contributed by atoms with E-state index in [-0.39, 0.29) is 73.0 Å². The van der Waals surface area contributed by atoms with Gasteiger partial charge in [-0.2, -0.15) is 0 Å². The summed E-state index contributed by atoms with van der Waals surface area (Å²) in [5.74, 6) is -1.54. The number of alkyl carbamates (subject to hydrolysis) is 4. The van der Waals surface area contributed by atoms with Crippen LogP contribution in [0.25, 0.3) is 44.5 Å². The number of H-pyrrole nitrogens is 2. The van der Waals surface area contributed by atoms with Gasteiger partial charge >= 0.3 is 24.4 Å². The molecule has 31 nitrogen and oxygen atoms in total. The molecule has 0 saturated carbocycles. The molecule has 8 N–H and O–H groups in total. The van der Waals surface area contributed by atoms with Crippen LogP contribution in [-0.4, -0.2) is 221 Å². The molecule has 3 aromatic heterocycles. The van der Waals surface area contributed by atoms with Crippen molar-refractivity contribution >= 4 is 70.8 Å². The summed E-state index contributed by atoms with van der Waals surface area (Å²) in [6.07, 6.45) is 3.96. The Labute approximate surface area is 615 Å². The predicted molar refractivity (Wildman–Crippen MR) is 388 cm³/mol. The number of aromatic nitrogens is 5. The first-order valence-corrected chi connectivity index (χ1v) is 36.0. The smallest absolute Gasteiger partial charge is 0.408 e. The molecule has 6 aromatic rings. The lowest BCUT2D eigenvalue weighted by Crippen LogP contribution is -2.56. The SMILES string of the molecule is COC(=O)NC(C(=O)N1CCCC1C(=O)NCc1ccc(-c2ccc3nc(C4CCCN4C(=O)C(NC(=O)OCc4cc(-c5cnc(C6CCCN6C(=O)C(NC(=O)OC)C(C)OC)[nH]5)ccc4-c4ccc(C(=O)NCC5CCCN5C(=O)C(NC(=O)OC)C(C)OC)cc4)C(C)C)[nH]c3c2)cn1)C(C)C. The number of carbonyl (C=O) groups excluding carboxylic acids is 10. The summed E-state index contributed by atoms with van der Waals surface area (Å²) in [5, 5.41) is 16.6. The number of hydrogen-bond acceptors (Lipinski definition) is 19. The summed E-state index contributed by atoms with van der Waals surface area (Å²) in [5.41, 5.74) is 7.20. The number of ether oxygens (including phenoxy) is 6. The Kier molecular flexibility index (Phi) is 26.0. The Morgan fingerprint density at radius 1 is 0.509 bits per heavy atom. The zero-order chi connectivity index (χ0) is 76.0. The van der Waals surface area contributed by atoms with E-state index in [9.17, 15) is 47.9 Å². The highest BCUT2D eigenvalue weighted by Crippen LogP contribution is 2.37. The molecule has 31 heteroatoms. The highest BCUT2D eigenvalue weighted by atomic mass is 16.6. The number of methoxy groups -OCH3 is 5. The molecule has 10 rings (SSSR count). The van der Waals surface area contributed by atoms with Crippen LogP contribution in [-0.2, 0) is 65.5 Å². The van der Waals surface area contributed by atoms with E-state index < -0.39 is 78.9 Å². The lowest BCUT2D eigenvalue weighted by Gasteiger charge is -2.31. The number of benzene rings is 3. The number of aromatic amines is 2. The minimum atomic E-state index is -1.03. The number of nitrogens with one attached hydrogen (secondary N) is 8. The molecule has 3 aromatic carbocycles. The van der Waals surface area contributed by atoms with Gasteiger partial charge in [-0.25, -0.2) is 29.1 Å². The molecule has 7 heterocycles. The van der Waals surface area contributed by atoms with E-state index in [4.69, 9.17) is 38.4 Å². The maximum absolute atomic E-state index is 14.8. The van der Waals surface area contributed by atoms with Crippen molar-refractivity contribution in [1.82, 2.24) is 76.4 Å². The van der Waals surface area contributed by atoms with Crippen molar-refractivity contribution in [3.8, 4) is 33.5 Å². The van der Waals surface area contributed by atoms with Crippen LogP contribution >= 0.6 is 0 Å². The van der Waals surface area contributed by atoms with Gasteiger partial charge in [0, 0.05) is 70.3 Å². The van der Waals surface area contributed by atoms with E-state index in [2.05, 4.69) is 46.9 Å². The number of hydrogen-bond donors (Lipinski definition) is 8. The molecule has 0 radical (unpaired) electrons. The van der Waals surface area contributed by atoms with Crippen LogP contribution in [0.4, 0.5) is 19.2 Å². The summed E-state index contributed by atoms with van der Waals surface area (Å²) in [4.78, 5) is 162. The van der Waals surface area contributed by atoms with E-state index in [1.54, 1.807) is 65.2 Å². The molecular weight excluding hydrogens is 1370 g/mol. The molecule has 10 atom stereocenters. The van der Waals surface area contributed by atoms with Crippen molar-refractivity contribution in [3.05, 3.63) is 114 Å². The van der Waals surface area contributed by atoms with Gasteiger partial charge in [-0.05, 0) is 141 Å². The standard InChI is InChI=1S/C75H97N15O16/c1-41(2)60(83-72(97)103-9)69(94)90-33-15-19-59(90)67(92)78-37-51-27-24-49(36-76-51)47-26-29-54-55(35-47)81-65(80-54)58-18-14-32-89(58)68(93)61(42(3)4)84-75(100)106-40-50-34-48(56-39-77-64(82-56)57-17-13-31-88(57)71(96)63(44(6)102-8)86-74(99)105-11)25-28-53(50)45-20-22-46(23-21-45)66(91)79-38-52-16-12-30-87(52)70(95)62(43(5)101-7)85-73(98)104-10/h20-29,34-36,39,41-44,52,57-63H,12-19,30-33,37-38,40H2,1-11H3,(H,77,82)(H,78,92)(H,79,91)(H,80,81)(H,83,97)(H,84,100)(H,85,98)(H,86,99). The van der Waals surface area contributed by atoms with Crippen molar-refractivity contribution in [2.45, 2.75) is 167 Å². The van der Waals surface area contributed by atoms with Crippen LogP contribution in [0.15, 0.2) is 85.2 Å². The van der Waals surface area contributed by atoms with Crippen molar-refractivity contribution in [1.29, 1.82) is 0 Å². The van der Waals surface area contributed by atoms with Gasteiger partial charge < -0.3 is 89.9 Å². The Bertz CT molecular complexity index is 4150.